The maximum Gasteiger partial charge on any atom is 0.407 e. The van der Waals surface area contributed by atoms with Crippen LogP contribution in [0.4, 0.5) is 9.18 Å². The largest absolute Gasteiger partial charge is 0.450 e. The van der Waals surface area contributed by atoms with E-state index in [0.717, 1.165) is 11.3 Å². The minimum absolute atomic E-state index is 0.0384. The van der Waals surface area contributed by atoms with Gasteiger partial charge in [-0.1, -0.05) is 12.1 Å². The number of tetrazole rings is 1. The lowest BCUT2D eigenvalue weighted by Gasteiger charge is -2.24. The van der Waals surface area contributed by atoms with Gasteiger partial charge in [-0.15, -0.1) is 5.10 Å². The summed E-state index contributed by atoms with van der Waals surface area (Å²) in [4.78, 5) is 25.6. The second-order valence-corrected chi connectivity index (χ2v) is 6.23. The third kappa shape index (κ3) is 4.78. The van der Waals surface area contributed by atoms with E-state index in [9.17, 15) is 14.0 Å². The Morgan fingerprint density at radius 1 is 1.33 bits per heavy atom. The van der Waals surface area contributed by atoms with Gasteiger partial charge in [0.15, 0.2) is 0 Å². The number of alkyl carbamates (subject to hydrolysis) is 1. The summed E-state index contributed by atoms with van der Waals surface area (Å²) in [5.74, 6) is -0.180. The first-order chi connectivity index (χ1) is 13.1. The molecule has 1 fully saturated rings. The van der Waals surface area contributed by atoms with Crippen molar-refractivity contribution in [2.75, 3.05) is 19.7 Å². The third-order valence-electron chi connectivity index (χ3n) is 4.35. The quantitative estimate of drug-likeness (QED) is 0.803. The first-order valence-electron chi connectivity index (χ1n) is 8.73. The first kappa shape index (κ1) is 18.7. The average molecular weight is 376 g/mol. The molecule has 2 amide bonds. The molecule has 0 saturated carbocycles. The average Bonchev–Trinajstić information content (AvgIpc) is 3.30. The number of carbonyl (C=O) groups is 2. The number of rotatable bonds is 6. The van der Waals surface area contributed by atoms with Crippen LogP contribution in [-0.2, 0) is 16.0 Å². The number of nitrogens with one attached hydrogen (secondary N) is 1. The van der Waals surface area contributed by atoms with Gasteiger partial charge in [-0.05, 0) is 35.0 Å². The van der Waals surface area contributed by atoms with Crippen LogP contribution in [0, 0.1) is 0 Å². The van der Waals surface area contributed by atoms with Crippen molar-refractivity contribution < 1.29 is 18.7 Å². The molecule has 2 atom stereocenters. The number of alkyl halides is 1. The van der Waals surface area contributed by atoms with Gasteiger partial charge < -0.3 is 15.0 Å². The van der Waals surface area contributed by atoms with E-state index in [4.69, 9.17) is 4.74 Å². The maximum absolute atomic E-state index is 13.8. The molecule has 0 radical (unpaired) electrons. The van der Waals surface area contributed by atoms with E-state index in [1.165, 1.54) is 15.9 Å². The number of nitrogens with zero attached hydrogens (tertiary/aromatic N) is 5. The van der Waals surface area contributed by atoms with Crippen LogP contribution in [-0.4, -0.2) is 69.0 Å². The molecule has 0 bridgehead atoms. The second-order valence-electron chi connectivity index (χ2n) is 6.23. The van der Waals surface area contributed by atoms with Gasteiger partial charge in [0.1, 0.15) is 12.5 Å². The molecular formula is C17H21FN6O3. The highest BCUT2D eigenvalue weighted by Crippen LogP contribution is 2.21. The number of carbonyl (C=O) groups excluding carboxylic acids is 2. The smallest absolute Gasteiger partial charge is 0.407 e. The Labute approximate surface area is 155 Å². The third-order valence-corrected chi connectivity index (χ3v) is 4.35. The molecule has 0 unspecified atom stereocenters. The van der Waals surface area contributed by atoms with Crippen LogP contribution in [0.25, 0.3) is 5.69 Å². The lowest BCUT2D eigenvalue weighted by molar-refractivity contribution is -0.131. The molecule has 1 N–H and O–H groups in total. The summed E-state index contributed by atoms with van der Waals surface area (Å²) >= 11 is 0. The van der Waals surface area contributed by atoms with E-state index in [-0.39, 0.29) is 44.5 Å². The Morgan fingerprint density at radius 2 is 2.11 bits per heavy atom. The summed E-state index contributed by atoms with van der Waals surface area (Å²) < 4.78 is 20.2. The predicted octanol–water partition coefficient (Wildman–Crippen LogP) is 0.890. The molecule has 0 aliphatic carbocycles. The Kier molecular flexibility index (Phi) is 5.94. The van der Waals surface area contributed by atoms with Crippen LogP contribution in [0.15, 0.2) is 30.6 Å². The van der Waals surface area contributed by atoms with E-state index < -0.39 is 12.3 Å². The SMILES string of the molecule is CCOC(=O)NC[C@@H]1C[C@H](F)CN1C(=O)Cc1ccc(-n2cnnn2)cc1. The van der Waals surface area contributed by atoms with Crippen molar-refractivity contribution in [3.05, 3.63) is 36.2 Å². The Bertz CT molecular complexity index is 767. The molecular weight excluding hydrogens is 355 g/mol. The van der Waals surface area contributed by atoms with Crippen molar-refractivity contribution in [3.8, 4) is 5.69 Å². The lowest BCUT2D eigenvalue weighted by Crippen LogP contribution is -2.43. The standard InChI is InChI=1S/C17H21FN6O3/c1-2-27-17(26)19-9-15-8-13(18)10-23(15)16(25)7-12-3-5-14(6-4-12)24-11-20-21-22-24/h3-6,11,13,15H,2,7-10H2,1H3,(H,19,26)/t13-,15-/m0/s1. The Balaban J connectivity index is 1.59. The van der Waals surface area contributed by atoms with Gasteiger partial charge in [0.2, 0.25) is 5.91 Å². The van der Waals surface area contributed by atoms with Crippen molar-refractivity contribution in [2.24, 2.45) is 0 Å². The van der Waals surface area contributed by atoms with Gasteiger partial charge in [0, 0.05) is 13.0 Å². The molecule has 3 rings (SSSR count). The number of likely N-dealkylation sites (tertiary alicyclic amines) is 1. The highest BCUT2D eigenvalue weighted by atomic mass is 19.1. The van der Waals surface area contributed by atoms with Crippen LogP contribution in [0.3, 0.4) is 0 Å². The molecule has 27 heavy (non-hydrogen) atoms. The number of aromatic nitrogens is 4. The predicted molar refractivity (Wildman–Crippen MR) is 92.9 cm³/mol. The monoisotopic (exact) mass is 376 g/mol. The minimum atomic E-state index is -1.09. The number of hydrogen-bond acceptors (Lipinski definition) is 6. The van der Waals surface area contributed by atoms with Gasteiger partial charge in [-0.3, -0.25) is 4.79 Å². The fourth-order valence-corrected chi connectivity index (χ4v) is 3.06. The van der Waals surface area contributed by atoms with Gasteiger partial charge in [0.05, 0.1) is 31.3 Å². The number of hydrogen-bond donors (Lipinski definition) is 1. The molecule has 2 heterocycles. The fourth-order valence-electron chi connectivity index (χ4n) is 3.06. The number of ether oxygens (including phenoxy) is 1. The zero-order valence-electron chi connectivity index (χ0n) is 14.9. The summed E-state index contributed by atoms with van der Waals surface area (Å²) in [7, 11) is 0. The summed E-state index contributed by atoms with van der Waals surface area (Å²) in [5.41, 5.74) is 1.58. The van der Waals surface area contributed by atoms with Crippen molar-refractivity contribution >= 4 is 12.0 Å². The summed E-state index contributed by atoms with van der Waals surface area (Å²) in [6, 6.07) is 6.85. The van der Waals surface area contributed by atoms with Crippen LogP contribution >= 0.6 is 0 Å². The number of amides is 2. The summed E-state index contributed by atoms with van der Waals surface area (Å²) in [6.45, 7) is 2.17. The summed E-state index contributed by atoms with van der Waals surface area (Å²) in [5, 5.41) is 13.5. The molecule has 1 aromatic heterocycles. The second kappa shape index (κ2) is 8.56. The molecule has 1 aliphatic heterocycles. The van der Waals surface area contributed by atoms with Gasteiger partial charge >= 0.3 is 6.09 Å². The van der Waals surface area contributed by atoms with E-state index in [2.05, 4.69) is 20.8 Å². The fraction of sp³-hybridized carbons (Fsp3) is 0.471. The van der Waals surface area contributed by atoms with Crippen LogP contribution in [0.5, 0.6) is 0 Å². The molecule has 10 heteroatoms. The molecule has 9 nitrogen and oxygen atoms in total. The highest BCUT2D eigenvalue weighted by molar-refractivity contribution is 5.79. The molecule has 144 valence electrons. The van der Waals surface area contributed by atoms with Gasteiger partial charge in [-0.25, -0.2) is 13.9 Å². The van der Waals surface area contributed by atoms with E-state index in [1.54, 1.807) is 19.1 Å². The zero-order chi connectivity index (χ0) is 19.2. The van der Waals surface area contributed by atoms with Gasteiger partial charge in [0.25, 0.3) is 0 Å². The molecule has 2 aromatic rings. The van der Waals surface area contributed by atoms with Gasteiger partial charge in [-0.2, -0.15) is 0 Å². The van der Waals surface area contributed by atoms with E-state index in [1.807, 2.05) is 12.1 Å². The minimum Gasteiger partial charge on any atom is -0.450 e. The van der Waals surface area contributed by atoms with Crippen molar-refractivity contribution in [1.82, 2.24) is 30.4 Å². The first-order valence-corrected chi connectivity index (χ1v) is 8.73. The van der Waals surface area contributed by atoms with Crippen molar-refractivity contribution in [2.45, 2.75) is 32.0 Å². The molecule has 0 spiro atoms. The summed E-state index contributed by atoms with van der Waals surface area (Å²) in [6.07, 6.45) is 0.178. The van der Waals surface area contributed by atoms with Crippen molar-refractivity contribution in [3.63, 3.8) is 0 Å². The topological polar surface area (TPSA) is 102 Å². The molecule has 1 saturated heterocycles. The van der Waals surface area contributed by atoms with E-state index >= 15 is 0 Å². The van der Waals surface area contributed by atoms with Crippen LogP contribution in [0.2, 0.25) is 0 Å². The Hall–Kier alpha value is -3.04. The molecule has 1 aromatic carbocycles. The van der Waals surface area contributed by atoms with Crippen LogP contribution in [0.1, 0.15) is 18.9 Å². The zero-order valence-corrected chi connectivity index (χ0v) is 14.9. The lowest BCUT2D eigenvalue weighted by atomic mass is 10.1. The molecule has 1 aliphatic rings. The normalized spacial score (nSPS) is 19.1. The maximum atomic E-state index is 13.8. The number of benzene rings is 1. The van der Waals surface area contributed by atoms with Crippen LogP contribution < -0.4 is 5.32 Å². The highest BCUT2D eigenvalue weighted by Gasteiger charge is 2.35. The Morgan fingerprint density at radius 3 is 2.78 bits per heavy atom. The van der Waals surface area contributed by atoms with E-state index in [0.29, 0.717) is 0 Å². The van der Waals surface area contributed by atoms with Crippen molar-refractivity contribution in [1.29, 1.82) is 0 Å². The number of halogens is 1.